The second-order valence-electron chi connectivity index (χ2n) is 6.15. The van der Waals surface area contributed by atoms with Gasteiger partial charge in [0.15, 0.2) is 0 Å². The number of nitrogens with one attached hydrogen (secondary N) is 1. The summed E-state index contributed by atoms with van der Waals surface area (Å²) in [5, 5.41) is 3.20. The first-order valence-electron chi connectivity index (χ1n) is 7.17. The fourth-order valence-corrected chi connectivity index (χ4v) is 4.43. The summed E-state index contributed by atoms with van der Waals surface area (Å²) in [7, 11) is 0. The molecule has 1 amide bonds. The molecule has 0 aromatic carbocycles. The molecule has 0 aromatic rings. The van der Waals surface area contributed by atoms with E-state index >= 15 is 0 Å². The molecule has 0 heterocycles. The number of fused-ring (bicyclic) bond motifs is 1. The van der Waals surface area contributed by atoms with Gasteiger partial charge in [0, 0.05) is 17.3 Å². The van der Waals surface area contributed by atoms with Crippen LogP contribution in [-0.4, -0.2) is 17.3 Å². The van der Waals surface area contributed by atoms with Crippen LogP contribution in [0.15, 0.2) is 0 Å². The Morgan fingerprint density at radius 3 is 2.35 bits per heavy atom. The van der Waals surface area contributed by atoms with E-state index in [-0.39, 0.29) is 0 Å². The first-order chi connectivity index (χ1) is 8.25. The molecule has 17 heavy (non-hydrogen) atoms. The Morgan fingerprint density at radius 2 is 1.71 bits per heavy atom. The average molecular weight is 300 g/mol. The molecule has 0 radical (unpaired) electrons. The Kier molecular flexibility index (Phi) is 3.47. The quantitative estimate of drug-likeness (QED) is 0.797. The standard InChI is InChI=1S/C14H22BrNO/c15-10-6-4-9(5-7-10)8-16-14(17)13-11-2-1-3-12(11)13/h9-13H,1-8H2,(H,16,17). The fourth-order valence-electron chi connectivity index (χ4n) is 3.90. The van der Waals surface area contributed by atoms with E-state index < -0.39 is 0 Å². The summed E-state index contributed by atoms with van der Waals surface area (Å²) in [6, 6.07) is 0. The van der Waals surface area contributed by atoms with E-state index in [1.807, 2.05) is 0 Å². The molecule has 0 bridgehead atoms. The largest absolute Gasteiger partial charge is 0.356 e. The molecular formula is C14H22BrNO. The number of hydrogen-bond donors (Lipinski definition) is 1. The Labute approximate surface area is 112 Å². The Morgan fingerprint density at radius 1 is 1.06 bits per heavy atom. The lowest BCUT2D eigenvalue weighted by Gasteiger charge is -2.25. The number of amides is 1. The van der Waals surface area contributed by atoms with Crippen LogP contribution >= 0.6 is 15.9 Å². The predicted octanol–water partition coefficient (Wildman–Crippen LogP) is 3.10. The summed E-state index contributed by atoms with van der Waals surface area (Å²) >= 11 is 3.67. The second-order valence-corrected chi connectivity index (χ2v) is 7.44. The molecule has 3 saturated carbocycles. The highest BCUT2D eigenvalue weighted by Gasteiger charge is 2.56. The summed E-state index contributed by atoms with van der Waals surface area (Å²) < 4.78 is 0. The summed E-state index contributed by atoms with van der Waals surface area (Å²) in [5.41, 5.74) is 0. The summed E-state index contributed by atoms with van der Waals surface area (Å²) in [6.07, 6.45) is 9.05. The molecule has 2 atom stereocenters. The molecule has 0 saturated heterocycles. The van der Waals surface area contributed by atoms with E-state index in [0.29, 0.717) is 11.8 Å². The summed E-state index contributed by atoms with van der Waals surface area (Å²) in [4.78, 5) is 12.7. The van der Waals surface area contributed by atoms with Crippen molar-refractivity contribution in [3.05, 3.63) is 0 Å². The minimum Gasteiger partial charge on any atom is -0.356 e. The van der Waals surface area contributed by atoms with Crippen molar-refractivity contribution in [1.82, 2.24) is 5.32 Å². The molecular weight excluding hydrogens is 278 g/mol. The van der Waals surface area contributed by atoms with E-state index in [1.165, 1.54) is 44.9 Å². The lowest BCUT2D eigenvalue weighted by molar-refractivity contribution is -0.123. The van der Waals surface area contributed by atoms with Gasteiger partial charge in [-0.25, -0.2) is 0 Å². The fraction of sp³-hybridized carbons (Fsp3) is 0.929. The minimum atomic E-state index is 0.362. The van der Waals surface area contributed by atoms with Crippen LogP contribution in [0.5, 0.6) is 0 Å². The zero-order chi connectivity index (χ0) is 11.8. The maximum atomic E-state index is 12.0. The van der Waals surface area contributed by atoms with Crippen LogP contribution in [0.25, 0.3) is 0 Å². The third-order valence-corrected chi connectivity index (χ3v) is 5.97. The van der Waals surface area contributed by atoms with Gasteiger partial charge in [0.05, 0.1) is 0 Å². The SMILES string of the molecule is O=C(NCC1CCC(Br)CC1)C1C2CCCC21. The lowest BCUT2D eigenvalue weighted by atomic mass is 9.89. The maximum Gasteiger partial charge on any atom is 0.223 e. The maximum absolute atomic E-state index is 12.0. The van der Waals surface area contributed by atoms with Crippen molar-refractivity contribution in [3.63, 3.8) is 0 Å². The zero-order valence-corrected chi connectivity index (χ0v) is 11.9. The molecule has 0 spiro atoms. The monoisotopic (exact) mass is 299 g/mol. The Bertz CT molecular complexity index is 289. The molecule has 0 aromatic heterocycles. The topological polar surface area (TPSA) is 29.1 Å². The predicted molar refractivity (Wildman–Crippen MR) is 72.0 cm³/mol. The summed E-state index contributed by atoms with van der Waals surface area (Å²) in [6.45, 7) is 0.925. The van der Waals surface area contributed by atoms with Crippen molar-refractivity contribution < 1.29 is 4.79 Å². The number of rotatable bonds is 3. The van der Waals surface area contributed by atoms with E-state index in [0.717, 1.165) is 29.1 Å². The van der Waals surface area contributed by atoms with Crippen LogP contribution in [0.4, 0.5) is 0 Å². The highest BCUT2D eigenvalue weighted by atomic mass is 79.9. The van der Waals surface area contributed by atoms with E-state index in [2.05, 4.69) is 21.2 Å². The highest BCUT2D eigenvalue weighted by molar-refractivity contribution is 9.09. The zero-order valence-electron chi connectivity index (χ0n) is 10.3. The molecule has 1 N–H and O–H groups in total. The van der Waals surface area contributed by atoms with Crippen LogP contribution < -0.4 is 5.32 Å². The first kappa shape index (κ1) is 12.0. The van der Waals surface area contributed by atoms with Crippen molar-refractivity contribution in [3.8, 4) is 0 Å². The molecule has 96 valence electrons. The molecule has 2 nitrogen and oxygen atoms in total. The van der Waals surface area contributed by atoms with Crippen LogP contribution in [0, 0.1) is 23.7 Å². The number of halogens is 1. The van der Waals surface area contributed by atoms with Gasteiger partial charge in [0.25, 0.3) is 0 Å². The van der Waals surface area contributed by atoms with Crippen LogP contribution in [0.3, 0.4) is 0 Å². The van der Waals surface area contributed by atoms with Crippen LogP contribution in [0.2, 0.25) is 0 Å². The van der Waals surface area contributed by atoms with Gasteiger partial charge in [-0.15, -0.1) is 0 Å². The van der Waals surface area contributed by atoms with Gasteiger partial charge in [0.1, 0.15) is 0 Å². The smallest absolute Gasteiger partial charge is 0.223 e. The summed E-state index contributed by atoms with van der Waals surface area (Å²) in [5.74, 6) is 3.00. The van der Waals surface area contributed by atoms with Crippen LogP contribution in [0.1, 0.15) is 44.9 Å². The van der Waals surface area contributed by atoms with Crippen LogP contribution in [-0.2, 0) is 4.79 Å². The first-order valence-corrected chi connectivity index (χ1v) is 8.09. The van der Waals surface area contributed by atoms with Gasteiger partial charge in [-0.05, 0) is 56.3 Å². The van der Waals surface area contributed by atoms with E-state index in [4.69, 9.17) is 0 Å². The lowest BCUT2D eigenvalue weighted by Crippen LogP contribution is -2.33. The third kappa shape index (κ3) is 2.54. The molecule has 3 rings (SSSR count). The van der Waals surface area contributed by atoms with Crippen molar-refractivity contribution >= 4 is 21.8 Å². The van der Waals surface area contributed by atoms with Gasteiger partial charge < -0.3 is 5.32 Å². The highest BCUT2D eigenvalue weighted by Crippen LogP contribution is 2.57. The van der Waals surface area contributed by atoms with Gasteiger partial charge >= 0.3 is 0 Å². The minimum absolute atomic E-state index is 0.362. The molecule has 3 aliphatic rings. The normalized spacial score (nSPS) is 44.2. The van der Waals surface area contributed by atoms with Gasteiger partial charge in [-0.1, -0.05) is 22.4 Å². The van der Waals surface area contributed by atoms with E-state index in [1.54, 1.807) is 0 Å². The van der Waals surface area contributed by atoms with Crippen molar-refractivity contribution in [2.75, 3.05) is 6.54 Å². The number of carbonyl (C=O) groups is 1. The number of carbonyl (C=O) groups excluding carboxylic acids is 1. The van der Waals surface area contributed by atoms with E-state index in [9.17, 15) is 4.79 Å². The molecule has 0 aliphatic heterocycles. The molecule has 2 unspecified atom stereocenters. The van der Waals surface area contributed by atoms with Gasteiger partial charge in [-0.3, -0.25) is 4.79 Å². The van der Waals surface area contributed by atoms with Crippen molar-refractivity contribution in [2.45, 2.75) is 49.8 Å². The molecule has 3 aliphatic carbocycles. The van der Waals surface area contributed by atoms with Crippen molar-refractivity contribution in [1.29, 1.82) is 0 Å². The number of hydrogen-bond acceptors (Lipinski definition) is 1. The molecule has 3 heteroatoms. The Balaban J connectivity index is 1.38. The number of alkyl halides is 1. The molecule has 3 fully saturated rings. The Hall–Kier alpha value is -0.0500. The average Bonchev–Trinajstić information content (AvgIpc) is 2.82. The van der Waals surface area contributed by atoms with Gasteiger partial charge in [-0.2, -0.15) is 0 Å². The van der Waals surface area contributed by atoms with Crippen molar-refractivity contribution in [2.24, 2.45) is 23.7 Å². The second kappa shape index (κ2) is 4.91. The van der Waals surface area contributed by atoms with Gasteiger partial charge in [0.2, 0.25) is 5.91 Å². The third-order valence-electron chi connectivity index (χ3n) is 5.05.